The molecule has 1 heterocycles. The molecule has 1 amide bonds. The molecule has 6 nitrogen and oxygen atoms in total. The minimum absolute atomic E-state index is 0.0947. The number of benzene rings is 1. The third-order valence-electron chi connectivity index (χ3n) is 3.79. The number of amides is 1. The van der Waals surface area contributed by atoms with Gasteiger partial charge in [0.25, 0.3) is 0 Å². The Bertz CT molecular complexity index is 683. The number of ether oxygens (including phenoxy) is 3. The lowest BCUT2D eigenvalue weighted by molar-refractivity contribution is -0.144. The van der Waals surface area contributed by atoms with Gasteiger partial charge in [0.15, 0.2) is 0 Å². The summed E-state index contributed by atoms with van der Waals surface area (Å²) < 4.78 is 30.0. The number of hydrogen-bond acceptors (Lipinski definition) is 5. The van der Waals surface area contributed by atoms with Gasteiger partial charge in [0.05, 0.1) is 19.1 Å². The molecule has 7 heteroatoms. The zero-order valence-corrected chi connectivity index (χ0v) is 15.8. The van der Waals surface area contributed by atoms with Crippen LogP contribution in [-0.4, -0.2) is 30.4 Å². The summed E-state index contributed by atoms with van der Waals surface area (Å²) in [4.78, 5) is 23.6. The number of carbonyl (C=O) groups excluding carboxylic acids is 2. The van der Waals surface area contributed by atoms with Gasteiger partial charge in [0, 0.05) is 17.5 Å². The van der Waals surface area contributed by atoms with E-state index in [0.29, 0.717) is 29.9 Å². The van der Waals surface area contributed by atoms with E-state index in [0.717, 1.165) is 0 Å². The molecule has 1 aliphatic heterocycles. The summed E-state index contributed by atoms with van der Waals surface area (Å²) in [6.07, 6.45) is -0.488. The van der Waals surface area contributed by atoms with Gasteiger partial charge in [-0.2, -0.15) is 0 Å². The smallest absolute Gasteiger partial charge is 0.408 e. The van der Waals surface area contributed by atoms with E-state index in [9.17, 15) is 14.0 Å². The fraction of sp³-hybridized carbons (Fsp3) is 0.579. The molecule has 1 N–H and O–H groups in total. The predicted octanol–water partition coefficient (Wildman–Crippen LogP) is 3.67. The zero-order chi connectivity index (χ0) is 19.5. The van der Waals surface area contributed by atoms with Gasteiger partial charge in [-0.15, -0.1) is 0 Å². The van der Waals surface area contributed by atoms with Crippen molar-refractivity contribution in [1.82, 2.24) is 5.32 Å². The summed E-state index contributed by atoms with van der Waals surface area (Å²) in [5, 5.41) is 2.69. The van der Waals surface area contributed by atoms with Gasteiger partial charge < -0.3 is 19.5 Å². The summed E-state index contributed by atoms with van der Waals surface area (Å²) in [5.41, 5.74) is 0.555. The molecule has 144 valence electrons. The van der Waals surface area contributed by atoms with E-state index in [1.165, 1.54) is 12.1 Å². The second-order valence-corrected chi connectivity index (χ2v) is 7.30. The van der Waals surface area contributed by atoms with Gasteiger partial charge in [0.2, 0.25) is 0 Å². The van der Waals surface area contributed by atoms with Gasteiger partial charge in [-0.1, -0.05) is 0 Å². The maximum atomic E-state index is 14.0. The fourth-order valence-corrected chi connectivity index (χ4v) is 2.83. The first-order valence-corrected chi connectivity index (χ1v) is 8.73. The lowest BCUT2D eigenvalue weighted by Gasteiger charge is -2.23. The van der Waals surface area contributed by atoms with Gasteiger partial charge in [-0.3, -0.25) is 4.79 Å². The average Bonchev–Trinajstić information content (AvgIpc) is 2.86. The molecular formula is C19H26FNO5. The highest BCUT2D eigenvalue weighted by atomic mass is 19.1. The van der Waals surface area contributed by atoms with Crippen molar-refractivity contribution < 1.29 is 28.2 Å². The predicted molar refractivity (Wildman–Crippen MR) is 93.6 cm³/mol. The van der Waals surface area contributed by atoms with Crippen molar-refractivity contribution in [2.45, 2.75) is 65.2 Å². The van der Waals surface area contributed by atoms with Crippen LogP contribution in [0.5, 0.6) is 5.75 Å². The van der Waals surface area contributed by atoms with Crippen LogP contribution in [-0.2, 0) is 20.7 Å². The molecule has 0 aliphatic carbocycles. The van der Waals surface area contributed by atoms with Crippen molar-refractivity contribution in [1.29, 1.82) is 0 Å². The van der Waals surface area contributed by atoms with E-state index in [4.69, 9.17) is 14.2 Å². The first-order valence-electron chi connectivity index (χ1n) is 8.73. The third-order valence-corrected chi connectivity index (χ3v) is 3.79. The maximum absolute atomic E-state index is 14.0. The highest BCUT2D eigenvalue weighted by Gasteiger charge is 2.31. The monoisotopic (exact) mass is 367 g/mol. The van der Waals surface area contributed by atoms with Gasteiger partial charge in [-0.05, 0) is 46.8 Å². The van der Waals surface area contributed by atoms with Crippen LogP contribution in [0.15, 0.2) is 12.1 Å². The number of hydrogen-bond donors (Lipinski definition) is 1. The molecule has 0 radical (unpaired) electrons. The lowest BCUT2D eigenvalue weighted by atomic mass is 10.0. The average molecular weight is 367 g/mol. The molecule has 2 atom stereocenters. The summed E-state index contributed by atoms with van der Waals surface area (Å²) in [5.74, 6) is -0.270. The van der Waals surface area contributed by atoms with Crippen LogP contribution in [0, 0.1) is 5.82 Å². The molecule has 0 saturated heterocycles. The van der Waals surface area contributed by atoms with Crippen LogP contribution in [0.25, 0.3) is 0 Å². The largest absolute Gasteiger partial charge is 0.489 e. The van der Waals surface area contributed by atoms with Crippen molar-refractivity contribution in [3.8, 4) is 5.75 Å². The van der Waals surface area contributed by atoms with Gasteiger partial charge in [-0.25, -0.2) is 9.18 Å². The molecule has 1 aromatic rings. The summed E-state index contributed by atoms with van der Waals surface area (Å²) in [7, 11) is 0. The van der Waals surface area contributed by atoms with Crippen molar-refractivity contribution in [3.05, 3.63) is 29.1 Å². The molecule has 0 fully saturated rings. The Morgan fingerprint density at radius 1 is 1.38 bits per heavy atom. The minimum atomic E-state index is -0.630. The number of fused-ring (bicyclic) bond motifs is 1. The number of alkyl carbamates (subject to hydrolysis) is 1. The molecular weight excluding hydrogens is 341 g/mol. The molecule has 1 aliphatic rings. The Hall–Kier alpha value is -2.31. The number of rotatable bonds is 5. The summed E-state index contributed by atoms with van der Waals surface area (Å²) in [6.45, 7) is 9.05. The molecule has 2 unspecified atom stereocenters. The second kappa shape index (κ2) is 7.93. The minimum Gasteiger partial charge on any atom is -0.489 e. The second-order valence-electron chi connectivity index (χ2n) is 7.30. The Balaban J connectivity index is 2.12. The Morgan fingerprint density at radius 2 is 2.08 bits per heavy atom. The quantitative estimate of drug-likeness (QED) is 0.804. The number of carbonyl (C=O) groups is 2. The Labute approximate surface area is 153 Å². The molecule has 1 aromatic carbocycles. The first kappa shape index (κ1) is 20.0. The number of nitrogens with one attached hydrogen (secondary N) is 1. The van der Waals surface area contributed by atoms with Crippen molar-refractivity contribution in [2.75, 3.05) is 6.61 Å². The van der Waals surface area contributed by atoms with E-state index >= 15 is 0 Å². The highest BCUT2D eigenvalue weighted by molar-refractivity contribution is 5.70. The third kappa shape index (κ3) is 5.34. The number of esters is 1. The summed E-state index contributed by atoms with van der Waals surface area (Å²) >= 11 is 0. The van der Waals surface area contributed by atoms with Crippen LogP contribution in [0.4, 0.5) is 9.18 Å². The number of halogens is 1. The van der Waals surface area contributed by atoms with Gasteiger partial charge in [0.1, 0.15) is 23.3 Å². The van der Waals surface area contributed by atoms with Crippen LogP contribution in [0.1, 0.15) is 58.2 Å². The van der Waals surface area contributed by atoms with E-state index in [2.05, 4.69) is 5.32 Å². The molecule has 0 saturated carbocycles. The first-order chi connectivity index (χ1) is 12.1. The maximum Gasteiger partial charge on any atom is 0.408 e. The summed E-state index contributed by atoms with van der Waals surface area (Å²) in [6, 6.07) is 2.20. The van der Waals surface area contributed by atoms with E-state index < -0.39 is 29.7 Å². The van der Waals surface area contributed by atoms with E-state index in [-0.39, 0.29) is 12.4 Å². The topological polar surface area (TPSA) is 73.9 Å². The Kier molecular flexibility index (Phi) is 6.10. The molecule has 0 aromatic heterocycles. The normalized spacial score (nSPS) is 17.1. The molecule has 0 bridgehead atoms. The highest BCUT2D eigenvalue weighted by Crippen LogP contribution is 2.37. The zero-order valence-electron chi connectivity index (χ0n) is 15.8. The lowest BCUT2D eigenvalue weighted by Crippen LogP contribution is -2.34. The van der Waals surface area contributed by atoms with Crippen molar-refractivity contribution in [2.24, 2.45) is 0 Å². The molecule has 2 rings (SSSR count). The van der Waals surface area contributed by atoms with Crippen molar-refractivity contribution in [3.63, 3.8) is 0 Å². The van der Waals surface area contributed by atoms with E-state index in [1.807, 2.05) is 0 Å². The fourth-order valence-electron chi connectivity index (χ4n) is 2.83. The van der Waals surface area contributed by atoms with Crippen LogP contribution < -0.4 is 10.1 Å². The van der Waals surface area contributed by atoms with Crippen LogP contribution in [0.2, 0.25) is 0 Å². The van der Waals surface area contributed by atoms with Crippen LogP contribution in [0.3, 0.4) is 0 Å². The SMILES string of the molecule is CCOC(=O)CC1Cc2cc(F)cc(C(C)NC(=O)OC(C)(C)C)c2O1. The van der Waals surface area contributed by atoms with Crippen LogP contribution >= 0.6 is 0 Å². The Morgan fingerprint density at radius 3 is 2.69 bits per heavy atom. The molecule has 26 heavy (non-hydrogen) atoms. The standard InChI is InChI=1S/C19H26FNO5/c1-6-24-16(22)10-14-8-12-7-13(20)9-15(17(12)25-14)11(2)21-18(23)26-19(3,4)5/h7,9,11,14H,6,8,10H2,1-5H3,(H,21,23). The van der Waals surface area contributed by atoms with Crippen molar-refractivity contribution >= 4 is 12.1 Å². The van der Waals surface area contributed by atoms with E-state index in [1.54, 1.807) is 34.6 Å². The van der Waals surface area contributed by atoms with Gasteiger partial charge >= 0.3 is 12.1 Å². The molecule has 0 spiro atoms.